The smallest absolute Gasteiger partial charge is 0.261 e. The number of hydrogen-bond acceptors (Lipinski definition) is 4. The van der Waals surface area contributed by atoms with Gasteiger partial charge in [-0.15, -0.1) is 0 Å². The lowest BCUT2D eigenvalue weighted by atomic mass is 9.56. The van der Waals surface area contributed by atoms with Crippen LogP contribution in [0, 0.1) is 11.2 Å². The van der Waals surface area contributed by atoms with Crippen LogP contribution in [0.5, 0.6) is 0 Å². The van der Waals surface area contributed by atoms with Gasteiger partial charge in [0.1, 0.15) is 17.2 Å². The number of hydrogen-bond donors (Lipinski definition) is 3. The molecule has 1 aliphatic carbocycles. The van der Waals surface area contributed by atoms with Gasteiger partial charge in [0.15, 0.2) is 0 Å². The van der Waals surface area contributed by atoms with Crippen LogP contribution in [0.3, 0.4) is 0 Å². The molecule has 1 aliphatic heterocycles. The normalized spacial score (nSPS) is 19.1. The van der Waals surface area contributed by atoms with Gasteiger partial charge in [-0.3, -0.25) is 9.48 Å². The number of halogens is 2. The summed E-state index contributed by atoms with van der Waals surface area (Å²) in [7, 11) is 1.74. The van der Waals surface area contributed by atoms with E-state index in [0.717, 1.165) is 31.6 Å². The number of aryl methyl sites for hydroxylation is 1. The second-order valence-corrected chi connectivity index (χ2v) is 8.11. The zero-order valence-corrected chi connectivity index (χ0v) is 15.9. The van der Waals surface area contributed by atoms with Crippen LogP contribution in [-0.4, -0.2) is 28.8 Å². The molecule has 0 atom stereocenters. The molecule has 2 aliphatic rings. The number of nitrogens with zero attached hydrogens (tertiary/aromatic N) is 2. The molecule has 1 saturated heterocycles. The van der Waals surface area contributed by atoms with Gasteiger partial charge in [0.25, 0.3) is 5.91 Å². The van der Waals surface area contributed by atoms with Crippen LogP contribution in [0.15, 0.2) is 18.2 Å². The van der Waals surface area contributed by atoms with Crippen LogP contribution < -0.4 is 16.4 Å². The molecule has 144 valence electrons. The summed E-state index contributed by atoms with van der Waals surface area (Å²) in [4.78, 5) is 12.9. The average molecular weight is 392 g/mol. The molecule has 1 spiro atoms. The Hall–Kier alpha value is -2.12. The molecule has 0 bridgehead atoms. The number of carbonyl (C=O) groups is 1. The van der Waals surface area contributed by atoms with Gasteiger partial charge in [0, 0.05) is 18.7 Å². The molecule has 1 saturated carbocycles. The van der Waals surface area contributed by atoms with Gasteiger partial charge >= 0.3 is 0 Å². The summed E-state index contributed by atoms with van der Waals surface area (Å²) in [5, 5.41) is 10.7. The van der Waals surface area contributed by atoms with Crippen molar-refractivity contribution in [3.63, 3.8) is 0 Å². The third kappa shape index (κ3) is 3.30. The maximum absolute atomic E-state index is 13.3. The first-order valence-corrected chi connectivity index (χ1v) is 9.56. The molecule has 0 unspecified atom stereocenters. The van der Waals surface area contributed by atoms with Crippen molar-refractivity contribution in [3.05, 3.63) is 40.3 Å². The minimum atomic E-state index is -0.530. The Balaban J connectivity index is 1.55. The topological polar surface area (TPSA) is 85.0 Å². The lowest BCUT2D eigenvalue weighted by Crippen LogP contribution is -2.45. The van der Waals surface area contributed by atoms with Gasteiger partial charge in [-0.05, 0) is 62.4 Å². The third-order valence-electron chi connectivity index (χ3n) is 5.93. The van der Waals surface area contributed by atoms with E-state index in [1.807, 2.05) is 0 Å². The highest BCUT2D eigenvalue weighted by Gasteiger charge is 2.47. The van der Waals surface area contributed by atoms with Crippen molar-refractivity contribution in [2.24, 2.45) is 12.5 Å². The maximum Gasteiger partial charge on any atom is 0.261 e. The Bertz CT molecular complexity index is 882. The van der Waals surface area contributed by atoms with E-state index in [2.05, 4.69) is 15.7 Å². The van der Waals surface area contributed by atoms with Gasteiger partial charge in [0.05, 0.1) is 10.7 Å². The summed E-state index contributed by atoms with van der Waals surface area (Å²) in [6.07, 6.45) is 4.41. The molecule has 27 heavy (non-hydrogen) atoms. The number of aromatic nitrogens is 2. The van der Waals surface area contributed by atoms with E-state index in [4.69, 9.17) is 17.3 Å². The van der Waals surface area contributed by atoms with Crippen LogP contribution in [0.1, 0.15) is 47.7 Å². The van der Waals surface area contributed by atoms with E-state index >= 15 is 0 Å². The molecule has 2 heterocycles. The molecule has 6 nitrogen and oxygen atoms in total. The fourth-order valence-electron chi connectivity index (χ4n) is 4.39. The van der Waals surface area contributed by atoms with E-state index < -0.39 is 5.82 Å². The highest BCUT2D eigenvalue weighted by Crippen LogP contribution is 2.56. The minimum absolute atomic E-state index is 0.0426. The van der Waals surface area contributed by atoms with Gasteiger partial charge in [-0.25, -0.2) is 4.39 Å². The molecule has 4 N–H and O–H groups in total. The van der Waals surface area contributed by atoms with Gasteiger partial charge in [-0.1, -0.05) is 11.6 Å². The predicted molar refractivity (Wildman–Crippen MR) is 103 cm³/mol. The molecule has 1 aromatic heterocycles. The van der Waals surface area contributed by atoms with E-state index in [1.54, 1.807) is 11.7 Å². The summed E-state index contributed by atoms with van der Waals surface area (Å²) < 4.78 is 14.9. The number of anilines is 2. The van der Waals surface area contributed by atoms with E-state index in [-0.39, 0.29) is 16.8 Å². The number of rotatable bonds is 3. The largest absolute Gasteiger partial charge is 0.383 e. The first-order chi connectivity index (χ1) is 12.9. The van der Waals surface area contributed by atoms with Crippen molar-refractivity contribution >= 4 is 29.0 Å². The van der Waals surface area contributed by atoms with E-state index in [9.17, 15) is 9.18 Å². The fraction of sp³-hybridized carbons (Fsp3) is 0.474. The SMILES string of the molecule is Cn1nc(C2CC3(CCNCC3)C2)c(C(=O)Nc2ccc(F)c(Cl)c2)c1N. The Morgan fingerprint density at radius 2 is 2.11 bits per heavy atom. The lowest BCUT2D eigenvalue weighted by Gasteiger charge is -2.50. The second kappa shape index (κ2) is 6.80. The van der Waals surface area contributed by atoms with Gasteiger partial charge < -0.3 is 16.4 Å². The van der Waals surface area contributed by atoms with Crippen molar-refractivity contribution in [2.45, 2.75) is 31.6 Å². The summed E-state index contributed by atoms with van der Waals surface area (Å²) >= 11 is 5.80. The molecule has 2 fully saturated rings. The molecule has 1 aromatic carbocycles. The highest BCUT2D eigenvalue weighted by molar-refractivity contribution is 6.31. The second-order valence-electron chi connectivity index (χ2n) is 7.71. The number of carbonyl (C=O) groups excluding carboxylic acids is 1. The molecular formula is C19H23ClFN5O. The Morgan fingerprint density at radius 1 is 1.41 bits per heavy atom. The molecule has 8 heteroatoms. The van der Waals surface area contributed by atoms with Crippen molar-refractivity contribution in [3.8, 4) is 0 Å². The van der Waals surface area contributed by atoms with Crippen LogP contribution >= 0.6 is 11.6 Å². The predicted octanol–water partition coefficient (Wildman–Crippen LogP) is 3.29. The maximum atomic E-state index is 13.3. The van der Waals surface area contributed by atoms with Gasteiger partial charge in [-0.2, -0.15) is 5.10 Å². The number of nitrogen functional groups attached to an aromatic ring is 1. The standard InChI is InChI=1S/C19H23ClFN5O/c1-26-17(22)15(18(27)24-12-2-3-14(21)13(20)8-12)16(25-26)11-9-19(10-11)4-6-23-7-5-19/h2-3,8,11,23H,4-7,9-10,22H2,1H3,(H,24,27). The Morgan fingerprint density at radius 3 is 2.78 bits per heavy atom. The van der Waals surface area contributed by atoms with Crippen LogP contribution in [0.2, 0.25) is 5.02 Å². The van der Waals surface area contributed by atoms with Crippen LogP contribution in [0.25, 0.3) is 0 Å². The summed E-state index contributed by atoms with van der Waals surface area (Å²) in [6.45, 7) is 2.10. The van der Waals surface area contributed by atoms with Crippen molar-refractivity contribution in [2.75, 3.05) is 24.1 Å². The molecular weight excluding hydrogens is 369 g/mol. The van der Waals surface area contributed by atoms with Crippen molar-refractivity contribution < 1.29 is 9.18 Å². The zero-order chi connectivity index (χ0) is 19.2. The lowest BCUT2D eigenvalue weighted by molar-refractivity contribution is 0.0578. The fourth-order valence-corrected chi connectivity index (χ4v) is 4.57. The van der Waals surface area contributed by atoms with Crippen LogP contribution in [0.4, 0.5) is 15.9 Å². The van der Waals surface area contributed by atoms with Crippen molar-refractivity contribution in [1.29, 1.82) is 0 Å². The minimum Gasteiger partial charge on any atom is -0.383 e. The number of nitrogens with two attached hydrogens (primary N) is 1. The Kier molecular flexibility index (Phi) is 4.60. The molecule has 0 radical (unpaired) electrons. The average Bonchev–Trinajstić information content (AvgIpc) is 2.91. The first-order valence-electron chi connectivity index (χ1n) is 9.18. The third-order valence-corrected chi connectivity index (χ3v) is 6.22. The number of nitrogens with one attached hydrogen (secondary N) is 2. The summed E-state index contributed by atoms with van der Waals surface area (Å²) in [5.74, 6) is -0.298. The zero-order valence-electron chi connectivity index (χ0n) is 15.2. The van der Waals surface area contributed by atoms with Crippen molar-refractivity contribution in [1.82, 2.24) is 15.1 Å². The number of amides is 1. The summed E-state index contributed by atoms with van der Waals surface area (Å²) in [6, 6.07) is 4.07. The van der Waals surface area contributed by atoms with E-state index in [1.165, 1.54) is 31.0 Å². The number of piperidine rings is 1. The number of benzene rings is 1. The van der Waals surface area contributed by atoms with Gasteiger partial charge in [0.2, 0.25) is 0 Å². The summed E-state index contributed by atoms with van der Waals surface area (Å²) in [5.41, 5.74) is 8.10. The monoisotopic (exact) mass is 391 g/mol. The first kappa shape index (κ1) is 18.3. The Labute approximate surface area is 162 Å². The van der Waals surface area contributed by atoms with E-state index in [0.29, 0.717) is 22.5 Å². The molecule has 4 rings (SSSR count). The van der Waals surface area contributed by atoms with Crippen LogP contribution in [-0.2, 0) is 7.05 Å². The highest BCUT2D eigenvalue weighted by atomic mass is 35.5. The molecule has 1 amide bonds. The quantitative estimate of drug-likeness (QED) is 0.749. The molecule has 2 aromatic rings.